The van der Waals surface area contributed by atoms with Gasteiger partial charge in [0.05, 0.1) is 0 Å². The molecule has 0 aliphatic heterocycles. The first-order valence-electron chi connectivity index (χ1n) is 6.06. The maximum Gasteiger partial charge on any atom is 0.341 e. The van der Waals surface area contributed by atoms with Crippen molar-refractivity contribution >= 4 is 40.2 Å². The topological polar surface area (TPSA) is 75.6 Å². The van der Waals surface area contributed by atoms with E-state index in [9.17, 15) is 9.59 Å². The Bertz CT molecular complexity index is 655. The van der Waals surface area contributed by atoms with Crippen molar-refractivity contribution in [1.82, 2.24) is 0 Å². The molecule has 2 aromatic rings. The second-order valence-corrected chi connectivity index (χ2v) is 5.42. The Morgan fingerprint density at radius 1 is 1.14 bits per heavy atom. The Balaban J connectivity index is 2.00. The number of rotatable bonds is 5. The fourth-order valence-corrected chi connectivity index (χ4v) is 2.16. The van der Waals surface area contributed by atoms with Gasteiger partial charge in [0.25, 0.3) is 5.91 Å². The van der Waals surface area contributed by atoms with E-state index >= 15 is 0 Å². The molecule has 0 aliphatic rings. The number of hydrogen-bond donors (Lipinski definition) is 2. The van der Waals surface area contributed by atoms with E-state index in [1.54, 1.807) is 36.4 Å². The number of benzene rings is 2. The van der Waals surface area contributed by atoms with Gasteiger partial charge >= 0.3 is 5.97 Å². The van der Waals surface area contributed by atoms with Crippen molar-refractivity contribution in [2.75, 3.05) is 11.9 Å². The van der Waals surface area contributed by atoms with E-state index in [2.05, 4.69) is 27.9 Å². The van der Waals surface area contributed by atoms with E-state index in [1.807, 2.05) is 12.1 Å². The molecule has 6 heteroatoms. The minimum atomic E-state index is -1.04. The molecule has 1 amide bonds. The third-order valence-corrected chi connectivity index (χ3v) is 3.23. The molecule has 2 N–H and O–H groups in total. The molecule has 0 atom stereocenters. The summed E-state index contributed by atoms with van der Waals surface area (Å²) in [7, 11) is 0. The second-order valence-electron chi connectivity index (χ2n) is 4.17. The Hall–Kier alpha value is -2.09. The first-order chi connectivity index (χ1) is 10.0. The zero-order chi connectivity index (χ0) is 15.2. The predicted molar refractivity (Wildman–Crippen MR) is 86.7 cm³/mol. The highest BCUT2D eigenvalue weighted by atomic mass is 127. The minimum Gasteiger partial charge on any atom is -0.482 e. The summed E-state index contributed by atoms with van der Waals surface area (Å²) in [5, 5.41) is 11.3. The highest BCUT2D eigenvalue weighted by Crippen LogP contribution is 2.17. The Morgan fingerprint density at radius 2 is 1.86 bits per heavy atom. The molecule has 0 unspecified atom stereocenters. The molecule has 0 bridgehead atoms. The predicted octanol–water partition coefficient (Wildman–Crippen LogP) is 3.01. The molecular weight excluding hydrogens is 385 g/mol. The zero-order valence-corrected chi connectivity index (χ0v) is 13.0. The highest BCUT2D eigenvalue weighted by molar-refractivity contribution is 14.1. The van der Waals surface area contributed by atoms with Crippen LogP contribution in [0.4, 0.5) is 5.69 Å². The Morgan fingerprint density at radius 3 is 2.48 bits per heavy atom. The van der Waals surface area contributed by atoms with Gasteiger partial charge in [-0.25, -0.2) is 4.79 Å². The summed E-state index contributed by atoms with van der Waals surface area (Å²) in [5.74, 6) is -0.802. The van der Waals surface area contributed by atoms with Gasteiger partial charge in [-0.05, 0) is 65.1 Å². The van der Waals surface area contributed by atoms with Gasteiger partial charge in [0.1, 0.15) is 5.75 Å². The lowest BCUT2D eigenvalue weighted by molar-refractivity contribution is -0.139. The van der Waals surface area contributed by atoms with E-state index in [4.69, 9.17) is 9.84 Å². The standard InChI is InChI=1S/C15H12INO4/c16-11-3-1-2-10(8-11)15(20)17-12-4-6-13(7-5-12)21-9-14(18)19/h1-8H,9H2,(H,17,20)(H,18,19). The second kappa shape index (κ2) is 7.07. The van der Waals surface area contributed by atoms with Crippen molar-refractivity contribution in [1.29, 1.82) is 0 Å². The number of hydrogen-bond acceptors (Lipinski definition) is 3. The van der Waals surface area contributed by atoms with Gasteiger partial charge in [0.15, 0.2) is 6.61 Å². The summed E-state index contributed by atoms with van der Waals surface area (Å²) < 4.78 is 6.00. The van der Waals surface area contributed by atoms with Crippen LogP contribution in [-0.4, -0.2) is 23.6 Å². The smallest absolute Gasteiger partial charge is 0.341 e. The van der Waals surface area contributed by atoms with Crippen LogP contribution in [0.5, 0.6) is 5.75 Å². The van der Waals surface area contributed by atoms with Crippen molar-refractivity contribution in [2.45, 2.75) is 0 Å². The van der Waals surface area contributed by atoms with Crippen LogP contribution in [0.2, 0.25) is 0 Å². The largest absolute Gasteiger partial charge is 0.482 e. The molecule has 108 valence electrons. The maximum atomic E-state index is 12.0. The maximum absolute atomic E-state index is 12.0. The van der Waals surface area contributed by atoms with Gasteiger partial charge in [0, 0.05) is 14.8 Å². The van der Waals surface area contributed by atoms with Crippen molar-refractivity contribution in [2.24, 2.45) is 0 Å². The summed E-state index contributed by atoms with van der Waals surface area (Å²) in [6.07, 6.45) is 0. The quantitative estimate of drug-likeness (QED) is 0.761. The summed E-state index contributed by atoms with van der Waals surface area (Å²) in [5.41, 5.74) is 1.19. The van der Waals surface area contributed by atoms with Crippen LogP contribution in [-0.2, 0) is 4.79 Å². The molecule has 0 heterocycles. The van der Waals surface area contributed by atoms with Gasteiger partial charge in [-0.15, -0.1) is 0 Å². The molecule has 2 aromatic carbocycles. The number of carboxylic acid groups (broad SMARTS) is 1. The normalized spacial score (nSPS) is 9.95. The van der Waals surface area contributed by atoms with Crippen LogP contribution in [0, 0.1) is 3.57 Å². The van der Waals surface area contributed by atoms with Crippen LogP contribution in [0.25, 0.3) is 0 Å². The van der Waals surface area contributed by atoms with E-state index in [1.165, 1.54) is 0 Å². The number of amides is 1. The van der Waals surface area contributed by atoms with E-state index in [0.29, 0.717) is 17.0 Å². The number of aliphatic carboxylic acids is 1. The molecule has 0 saturated heterocycles. The molecule has 21 heavy (non-hydrogen) atoms. The third-order valence-electron chi connectivity index (χ3n) is 2.56. The summed E-state index contributed by atoms with van der Waals surface area (Å²) in [4.78, 5) is 22.4. The first-order valence-corrected chi connectivity index (χ1v) is 7.14. The number of carbonyl (C=O) groups is 2. The summed E-state index contributed by atoms with van der Waals surface area (Å²) in [6.45, 7) is -0.395. The molecule has 0 aliphatic carbocycles. The number of nitrogens with one attached hydrogen (secondary N) is 1. The van der Waals surface area contributed by atoms with Gasteiger partial charge in [0.2, 0.25) is 0 Å². The Kier molecular flexibility index (Phi) is 5.15. The number of ether oxygens (including phenoxy) is 1. The molecule has 0 radical (unpaired) electrons. The van der Waals surface area contributed by atoms with E-state index in [0.717, 1.165) is 3.57 Å². The first kappa shape index (κ1) is 15.3. The van der Waals surface area contributed by atoms with Crippen LogP contribution < -0.4 is 10.1 Å². The molecule has 5 nitrogen and oxygen atoms in total. The van der Waals surface area contributed by atoms with Crippen LogP contribution in [0.1, 0.15) is 10.4 Å². The highest BCUT2D eigenvalue weighted by Gasteiger charge is 2.06. The molecule has 0 aromatic heterocycles. The molecular formula is C15H12INO4. The summed E-state index contributed by atoms with van der Waals surface area (Å²) in [6, 6.07) is 13.8. The van der Waals surface area contributed by atoms with Gasteiger partial charge in [-0.2, -0.15) is 0 Å². The van der Waals surface area contributed by atoms with Gasteiger partial charge < -0.3 is 15.2 Å². The minimum absolute atomic E-state index is 0.201. The van der Waals surface area contributed by atoms with Gasteiger partial charge in [-0.3, -0.25) is 4.79 Å². The van der Waals surface area contributed by atoms with Crippen LogP contribution >= 0.6 is 22.6 Å². The van der Waals surface area contributed by atoms with Crippen molar-refractivity contribution < 1.29 is 19.4 Å². The lowest BCUT2D eigenvalue weighted by Gasteiger charge is -2.07. The number of carboxylic acids is 1. The van der Waals surface area contributed by atoms with Crippen molar-refractivity contribution in [3.63, 3.8) is 0 Å². The lowest BCUT2D eigenvalue weighted by atomic mass is 10.2. The lowest BCUT2D eigenvalue weighted by Crippen LogP contribution is -2.12. The number of anilines is 1. The fraction of sp³-hybridized carbons (Fsp3) is 0.0667. The number of carbonyl (C=O) groups excluding carboxylic acids is 1. The number of halogens is 1. The average Bonchev–Trinajstić information content (AvgIpc) is 2.46. The van der Waals surface area contributed by atoms with Crippen LogP contribution in [0.3, 0.4) is 0 Å². The SMILES string of the molecule is O=C(O)COc1ccc(NC(=O)c2cccc(I)c2)cc1. The Labute approximate surface area is 135 Å². The van der Waals surface area contributed by atoms with Crippen molar-refractivity contribution in [3.05, 3.63) is 57.7 Å². The molecule has 0 saturated carbocycles. The zero-order valence-electron chi connectivity index (χ0n) is 10.9. The van der Waals surface area contributed by atoms with E-state index in [-0.39, 0.29) is 5.91 Å². The monoisotopic (exact) mass is 397 g/mol. The fourth-order valence-electron chi connectivity index (χ4n) is 1.61. The average molecular weight is 397 g/mol. The van der Waals surface area contributed by atoms with Gasteiger partial charge in [-0.1, -0.05) is 6.07 Å². The third kappa shape index (κ3) is 4.75. The van der Waals surface area contributed by atoms with E-state index < -0.39 is 12.6 Å². The molecule has 0 fully saturated rings. The molecule has 2 rings (SSSR count). The summed E-state index contributed by atoms with van der Waals surface area (Å²) >= 11 is 2.14. The van der Waals surface area contributed by atoms with Crippen molar-refractivity contribution in [3.8, 4) is 5.75 Å². The van der Waals surface area contributed by atoms with Crippen LogP contribution in [0.15, 0.2) is 48.5 Å². The molecule has 0 spiro atoms.